The maximum Gasteiger partial charge on any atom is 0.246 e. The number of anilines is 1. The minimum absolute atomic E-state index is 0.0747. The highest BCUT2D eigenvalue weighted by molar-refractivity contribution is 5.92. The smallest absolute Gasteiger partial charge is 0.246 e. The van der Waals surface area contributed by atoms with Crippen molar-refractivity contribution in [2.45, 2.75) is 13.0 Å². The number of morpholine rings is 1. The van der Waals surface area contributed by atoms with Crippen LogP contribution in [-0.2, 0) is 9.53 Å². The summed E-state index contributed by atoms with van der Waals surface area (Å²) in [6.45, 7) is 3.70. The van der Waals surface area contributed by atoms with Crippen LogP contribution in [0.1, 0.15) is 17.8 Å². The van der Waals surface area contributed by atoms with Crippen molar-refractivity contribution in [3.05, 3.63) is 42.0 Å². The lowest BCUT2D eigenvalue weighted by Crippen LogP contribution is -2.43. The van der Waals surface area contributed by atoms with Gasteiger partial charge in [-0.1, -0.05) is 23.4 Å². The summed E-state index contributed by atoms with van der Waals surface area (Å²) in [7, 11) is 0. The number of para-hydroxylation sites is 1. The highest BCUT2D eigenvalue weighted by Crippen LogP contribution is 2.22. The van der Waals surface area contributed by atoms with Gasteiger partial charge in [-0.3, -0.25) is 9.69 Å². The summed E-state index contributed by atoms with van der Waals surface area (Å²) >= 11 is 0. The molecule has 0 aliphatic carbocycles. The fourth-order valence-corrected chi connectivity index (χ4v) is 2.41. The van der Waals surface area contributed by atoms with Gasteiger partial charge < -0.3 is 14.6 Å². The molecule has 0 saturated carbocycles. The maximum absolute atomic E-state index is 12.2. The molecule has 1 fully saturated rings. The molecule has 0 bridgehead atoms. The fraction of sp³-hybridized carbons (Fsp3) is 0.400. The minimum atomic E-state index is -0.184. The second-order valence-electron chi connectivity index (χ2n) is 5.16. The van der Waals surface area contributed by atoms with Crippen molar-refractivity contribution in [2.24, 2.45) is 0 Å². The first kappa shape index (κ1) is 14.7. The van der Waals surface area contributed by atoms with Gasteiger partial charge in [0.2, 0.25) is 11.8 Å². The largest absolute Gasteiger partial charge is 0.378 e. The first-order chi connectivity index (χ1) is 10.7. The molecular formula is C15H18N4O3. The Kier molecular flexibility index (Phi) is 4.45. The van der Waals surface area contributed by atoms with Gasteiger partial charge in [0.15, 0.2) is 5.82 Å². The Morgan fingerprint density at radius 2 is 2.23 bits per heavy atom. The van der Waals surface area contributed by atoms with Crippen molar-refractivity contribution in [1.82, 2.24) is 15.0 Å². The van der Waals surface area contributed by atoms with Crippen LogP contribution in [-0.4, -0.2) is 47.3 Å². The molecule has 0 radical (unpaired) electrons. The number of aromatic nitrogens is 2. The van der Waals surface area contributed by atoms with Crippen LogP contribution in [0.25, 0.3) is 0 Å². The summed E-state index contributed by atoms with van der Waals surface area (Å²) in [6, 6.07) is 9.21. The summed E-state index contributed by atoms with van der Waals surface area (Å²) in [5.74, 6) is 0.994. The van der Waals surface area contributed by atoms with Gasteiger partial charge in [0.1, 0.15) is 6.04 Å². The van der Waals surface area contributed by atoms with E-state index in [0.29, 0.717) is 31.5 Å². The lowest BCUT2D eigenvalue weighted by Gasteiger charge is -2.32. The fourth-order valence-electron chi connectivity index (χ4n) is 2.41. The van der Waals surface area contributed by atoms with E-state index in [-0.39, 0.29) is 18.5 Å². The Morgan fingerprint density at radius 1 is 1.41 bits per heavy atom. The molecule has 7 nitrogen and oxygen atoms in total. The van der Waals surface area contributed by atoms with Gasteiger partial charge in [-0.05, 0) is 19.1 Å². The number of carbonyl (C=O) groups is 1. The molecule has 7 heteroatoms. The lowest BCUT2D eigenvalue weighted by atomic mass is 10.2. The zero-order valence-corrected chi connectivity index (χ0v) is 12.4. The van der Waals surface area contributed by atoms with Crippen LogP contribution in [0.5, 0.6) is 0 Å². The number of benzene rings is 1. The molecule has 1 N–H and O–H groups in total. The second kappa shape index (κ2) is 6.67. The predicted octanol–water partition coefficient (Wildman–Crippen LogP) is 1.39. The number of amides is 1. The number of nitrogens with one attached hydrogen (secondary N) is 1. The molecule has 2 aromatic rings. The molecule has 1 saturated heterocycles. The molecule has 116 valence electrons. The molecule has 1 aromatic carbocycles. The Balaban J connectivity index is 1.65. The highest BCUT2D eigenvalue weighted by Gasteiger charge is 2.30. The summed E-state index contributed by atoms with van der Waals surface area (Å²) in [5, 5.41) is 6.68. The van der Waals surface area contributed by atoms with Gasteiger partial charge in [-0.2, -0.15) is 4.98 Å². The SMILES string of the molecule is Cc1noc(C2COCCN2CC(=O)Nc2ccccc2)n1. The van der Waals surface area contributed by atoms with Crippen molar-refractivity contribution >= 4 is 11.6 Å². The molecule has 3 rings (SSSR count). The average Bonchev–Trinajstić information content (AvgIpc) is 2.95. The van der Waals surface area contributed by atoms with Crippen LogP contribution in [0.15, 0.2) is 34.9 Å². The van der Waals surface area contributed by atoms with Crippen molar-refractivity contribution in [1.29, 1.82) is 0 Å². The van der Waals surface area contributed by atoms with Crippen LogP contribution >= 0.6 is 0 Å². The van der Waals surface area contributed by atoms with E-state index in [9.17, 15) is 4.79 Å². The van der Waals surface area contributed by atoms with Gasteiger partial charge in [0.25, 0.3) is 0 Å². The van der Waals surface area contributed by atoms with Crippen LogP contribution in [0.3, 0.4) is 0 Å². The van der Waals surface area contributed by atoms with Crippen LogP contribution in [0, 0.1) is 6.92 Å². The van der Waals surface area contributed by atoms with Crippen LogP contribution in [0.2, 0.25) is 0 Å². The molecule has 1 atom stereocenters. The number of hydrogen-bond acceptors (Lipinski definition) is 6. The molecule has 1 amide bonds. The number of carbonyl (C=O) groups excluding carboxylic acids is 1. The van der Waals surface area contributed by atoms with E-state index in [2.05, 4.69) is 15.5 Å². The number of hydrogen-bond donors (Lipinski definition) is 1. The van der Waals surface area contributed by atoms with E-state index >= 15 is 0 Å². The third-order valence-corrected chi connectivity index (χ3v) is 3.47. The summed E-state index contributed by atoms with van der Waals surface area (Å²) in [5.41, 5.74) is 0.783. The predicted molar refractivity (Wildman–Crippen MR) is 79.2 cm³/mol. The first-order valence-corrected chi connectivity index (χ1v) is 7.19. The van der Waals surface area contributed by atoms with Gasteiger partial charge in [-0.15, -0.1) is 0 Å². The number of rotatable bonds is 4. The Labute approximate surface area is 128 Å². The lowest BCUT2D eigenvalue weighted by molar-refractivity contribution is -0.120. The molecule has 0 spiro atoms. The van der Waals surface area contributed by atoms with E-state index in [0.717, 1.165) is 5.69 Å². The third kappa shape index (κ3) is 3.49. The van der Waals surface area contributed by atoms with E-state index in [1.165, 1.54) is 0 Å². The number of nitrogens with zero attached hydrogens (tertiary/aromatic N) is 3. The summed E-state index contributed by atoms with van der Waals surface area (Å²) in [4.78, 5) is 18.4. The summed E-state index contributed by atoms with van der Waals surface area (Å²) in [6.07, 6.45) is 0. The van der Waals surface area contributed by atoms with Crippen molar-refractivity contribution in [3.63, 3.8) is 0 Å². The first-order valence-electron chi connectivity index (χ1n) is 7.19. The summed E-state index contributed by atoms with van der Waals surface area (Å²) < 4.78 is 10.7. The van der Waals surface area contributed by atoms with Crippen LogP contribution < -0.4 is 5.32 Å². The monoisotopic (exact) mass is 302 g/mol. The van der Waals surface area contributed by atoms with E-state index in [1.54, 1.807) is 6.92 Å². The maximum atomic E-state index is 12.2. The molecular weight excluding hydrogens is 284 g/mol. The van der Waals surface area contributed by atoms with Crippen LogP contribution in [0.4, 0.5) is 5.69 Å². The Morgan fingerprint density at radius 3 is 2.95 bits per heavy atom. The Hall–Kier alpha value is -2.25. The molecule has 1 aromatic heterocycles. The standard InChI is InChI=1S/C15H18N4O3/c1-11-16-15(22-18-11)13-10-21-8-7-19(13)9-14(20)17-12-5-3-2-4-6-12/h2-6,13H,7-10H2,1H3,(H,17,20). The van der Waals surface area contributed by atoms with Crippen molar-refractivity contribution < 1.29 is 14.1 Å². The van der Waals surface area contributed by atoms with Gasteiger partial charge in [-0.25, -0.2) is 0 Å². The molecule has 1 aliphatic rings. The topological polar surface area (TPSA) is 80.5 Å². The third-order valence-electron chi connectivity index (χ3n) is 3.47. The van der Waals surface area contributed by atoms with Gasteiger partial charge in [0.05, 0.1) is 19.8 Å². The molecule has 1 unspecified atom stereocenters. The van der Waals surface area contributed by atoms with E-state index in [1.807, 2.05) is 35.2 Å². The van der Waals surface area contributed by atoms with E-state index < -0.39 is 0 Å². The quantitative estimate of drug-likeness (QED) is 0.919. The van der Waals surface area contributed by atoms with Crippen molar-refractivity contribution in [3.8, 4) is 0 Å². The minimum Gasteiger partial charge on any atom is -0.378 e. The number of aryl methyl sites for hydroxylation is 1. The zero-order valence-electron chi connectivity index (χ0n) is 12.4. The number of ether oxygens (including phenoxy) is 1. The average molecular weight is 302 g/mol. The van der Waals surface area contributed by atoms with E-state index in [4.69, 9.17) is 9.26 Å². The molecule has 22 heavy (non-hydrogen) atoms. The van der Waals surface area contributed by atoms with Gasteiger partial charge in [0, 0.05) is 12.2 Å². The highest BCUT2D eigenvalue weighted by atomic mass is 16.5. The van der Waals surface area contributed by atoms with Gasteiger partial charge >= 0.3 is 0 Å². The van der Waals surface area contributed by atoms with Crippen molar-refractivity contribution in [2.75, 3.05) is 31.6 Å². The zero-order chi connectivity index (χ0) is 15.4. The second-order valence-corrected chi connectivity index (χ2v) is 5.16. The normalized spacial score (nSPS) is 19.0. The molecule has 1 aliphatic heterocycles. The molecule has 2 heterocycles. The Bertz CT molecular complexity index is 629.